The molecule has 0 radical (unpaired) electrons. The molecule has 6 atom stereocenters. The molecule has 4 aliphatic rings. The zero-order valence-corrected chi connectivity index (χ0v) is 29.7. The maximum atomic E-state index is 14.6. The summed E-state index contributed by atoms with van der Waals surface area (Å²) < 4.78 is 0. The summed E-state index contributed by atoms with van der Waals surface area (Å²) in [6.07, 6.45) is 8.22. The van der Waals surface area contributed by atoms with E-state index in [1.807, 2.05) is 39.8 Å². The first kappa shape index (κ1) is 36.0. The van der Waals surface area contributed by atoms with Crippen molar-refractivity contribution < 1.29 is 28.8 Å². The molecule has 3 amide bonds. The zero-order valence-electron chi connectivity index (χ0n) is 29.0. The number of halogens is 1. The Morgan fingerprint density at radius 3 is 2.44 bits per heavy atom. The standard InChI is InChI=1S/C37H51ClN4O6/c1-6-12-27(31(44)30(43)7-2)39-34(46)29-20-37(19-28(41-48-37)23-15-11-16-24(38)17-23)21-42(29)35(47)32(36(3,4)5)40-33(45)26-18-25(26)22-13-9-8-10-14-22/h11,15-17,22,25-27,29,32H,6-10,12-14,18-21H2,1-5H3,(H,39,46)(H,40,45)/t25-,26+,27+,29+,32-,37-/m1/s1. The van der Waals surface area contributed by atoms with E-state index in [0.717, 1.165) is 24.8 Å². The van der Waals surface area contributed by atoms with Crippen molar-refractivity contribution in [2.24, 2.45) is 28.3 Å². The molecule has 10 nitrogen and oxygen atoms in total. The first-order valence-corrected chi connectivity index (χ1v) is 18.1. The van der Waals surface area contributed by atoms with Gasteiger partial charge >= 0.3 is 0 Å². The van der Waals surface area contributed by atoms with Crippen molar-refractivity contribution in [3.63, 3.8) is 0 Å². The van der Waals surface area contributed by atoms with Crippen LogP contribution in [0.4, 0.5) is 0 Å². The summed E-state index contributed by atoms with van der Waals surface area (Å²) in [5, 5.41) is 10.8. The van der Waals surface area contributed by atoms with Crippen LogP contribution < -0.4 is 10.6 Å². The predicted molar refractivity (Wildman–Crippen MR) is 183 cm³/mol. The third-order valence-electron chi connectivity index (χ3n) is 10.6. The highest BCUT2D eigenvalue weighted by Crippen LogP contribution is 2.49. The number of likely N-dealkylation sites (tertiary alicyclic amines) is 1. The van der Waals surface area contributed by atoms with Crippen LogP contribution >= 0.6 is 11.6 Å². The minimum absolute atomic E-state index is 0.0408. The van der Waals surface area contributed by atoms with Gasteiger partial charge in [0.25, 0.3) is 0 Å². The van der Waals surface area contributed by atoms with Gasteiger partial charge in [-0.25, -0.2) is 0 Å². The Bertz CT molecular complexity index is 1450. The molecular formula is C37H51ClN4O6. The lowest BCUT2D eigenvalue weighted by molar-refractivity contribution is -0.145. The average Bonchev–Trinajstić information content (AvgIpc) is 3.63. The molecule has 0 aromatic heterocycles. The quantitative estimate of drug-likeness (QED) is 0.284. The van der Waals surface area contributed by atoms with E-state index in [1.54, 1.807) is 19.1 Å². The Kier molecular flexibility index (Phi) is 11.0. The van der Waals surface area contributed by atoms with Crippen LogP contribution in [-0.4, -0.2) is 70.2 Å². The van der Waals surface area contributed by atoms with Crippen molar-refractivity contribution in [2.75, 3.05) is 6.54 Å². The minimum atomic E-state index is -1.01. The topological polar surface area (TPSA) is 134 Å². The number of ketones is 2. The first-order chi connectivity index (χ1) is 22.8. The molecule has 0 bridgehead atoms. The van der Waals surface area contributed by atoms with Gasteiger partial charge in [0, 0.05) is 35.8 Å². The normalized spacial score (nSPS) is 26.8. The summed E-state index contributed by atoms with van der Waals surface area (Å²) in [6, 6.07) is 4.37. The Morgan fingerprint density at radius 2 is 1.79 bits per heavy atom. The van der Waals surface area contributed by atoms with Crippen LogP contribution in [0, 0.1) is 23.2 Å². The first-order valence-electron chi connectivity index (χ1n) is 17.8. The Hall–Kier alpha value is -3.27. The number of nitrogens with one attached hydrogen (secondary N) is 2. The number of carbonyl (C=O) groups excluding carboxylic acids is 5. The van der Waals surface area contributed by atoms with Crippen molar-refractivity contribution in [3.8, 4) is 0 Å². The van der Waals surface area contributed by atoms with Gasteiger partial charge in [0.1, 0.15) is 12.1 Å². The highest BCUT2D eigenvalue weighted by molar-refractivity contribution is 6.39. The Labute approximate surface area is 289 Å². The van der Waals surface area contributed by atoms with E-state index in [1.165, 1.54) is 24.2 Å². The fraction of sp³-hybridized carbons (Fsp3) is 0.676. The van der Waals surface area contributed by atoms with Crippen LogP contribution in [0.15, 0.2) is 29.4 Å². The van der Waals surface area contributed by atoms with Crippen molar-refractivity contribution in [3.05, 3.63) is 34.9 Å². The van der Waals surface area contributed by atoms with Crippen LogP contribution in [0.1, 0.15) is 111 Å². The van der Waals surface area contributed by atoms with Gasteiger partial charge in [-0.3, -0.25) is 24.0 Å². The molecular weight excluding hydrogens is 632 g/mol. The van der Waals surface area contributed by atoms with E-state index in [9.17, 15) is 24.0 Å². The molecule has 2 N–H and O–H groups in total. The SMILES string of the molecule is CCC[C@H](NC(=O)[C@@H]1C[C@]2(CC(c3cccc(Cl)c3)=NO2)CN1C(=O)[C@@H](NC(=O)[C@H]1C[C@@H]1C1CCCCC1)C(C)(C)C)C(=O)C(=O)CC. The number of benzene rings is 1. The fourth-order valence-electron chi connectivity index (χ4n) is 7.81. The number of rotatable bonds is 12. The fourth-order valence-corrected chi connectivity index (χ4v) is 8.00. The van der Waals surface area contributed by atoms with Gasteiger partial charge in [0.05, 0.1) is 18.3 Å². The van der Waals surface area contributed by atoms with Crippen LogP contribution in [0.3, 0.4) is 0 Å². The lowest BCUT2D eigenvalue weighted by atomic mass is 9.84. The molecule has 2 aliphatic heterocycles. The molecule has 1 spiro atoms. The maximum absolute atomic E-state index is 14.6. The van der Waals surface area contributed by atoms with Crippen LogP contribution in [-0.2, 0) is 28.8 Å². The molecule has 3 fully saturated rings. The summed E-state index contributed by atoms with van der Waals surface area (Å²) in [4.78, 5) is 75.1. The zero-order chi connectivity index (χ0) is 34.8. The lowest BCUT2D eigenvalue weighted by Crippen LogP contribution is -2.59. The van der Waals surface area contributed by atoms with Crippen LogP contribution in [0.25, 0.3) is 0 Å². The smallest absolute Gasteiger partial charge is 0.246 e. The van der Waals surface area contributed by atoms with Gasteiger partial charge in [-0.15, -0.1) is 0 Å². The number of nitrogens with zero attached hydrogens (tertiary/aromatic N) is 2. The highest BCUT2D eigenvalue weighted by atomic mass is 35.5. The Balaban J connectivity index is 1.38. The monoisotopic (exact) mass is 682 g/mol. The summed E-state index contributed by atoms with van der Waals surface area (Å²) in [6.45, 7) is 9.26. The number of hydrogen-bond acceptors (Lipinski definition) is 7. The van der Waals surface area contributed by atoms with Gasteiger partial charge in [0.2, 0.25) is 23.5 Å². The third-order valence-corrected chi connectivity index (χ3v) is 10.9. The molecule has 1 aromatic rings. The van der Waals surface area contributed by atoms with Gasteiger partial charge < -0.3 is 20.4 Å². The molecule has 48 heavy (non-hydrogen) atoms. The lowest BCUT2D eigenvalue weighted by Gasteiger charge is -2.36. The summed E-state index contributed by atoms with van der Waals surface area (Å²) in [7, 11) is 0. The van der Waals surface area contributed by atoms with E-state index in [4.69, 9.17) is 16.4 Å². The molecule has 262 valence electrons. The molecule has 11 heteroatoms. The second kappa shape index (κ2) is 14.7. The van der Waals surface area contributed by atoms with E-state index >= 15 is 0 Å². The second-order valence-corrected chi connectivity index (χ2v) is 15.8. The average molecular weight is 683 g/mol. The molecule has 1 aromatic carbocycles. The maximum Gasteiger partial charge on any atom is 0.246 e. The van der Waals surface area contributed by atoms with Gasteiger partial charge in [-0.2, -0.15) is 0 Å². The largest absolute Gasteiger partial charge is 0.387 e. The number of amides is 3. The molecule has 5 rings (SSSR count). The van der Waals surface area contributed by atoms with Gasteiger partial charge in [0.15, 0.2) is 11.4 Å². The molecule has 2 heterocycles. The minimum Gasteiger partial charge on any atom is -0.387 e. The van der Waals surface area contributed by atoms with E-state index in [-0.39, 0.29) is 37.1 Å². The molecule has 0 unspecified atom stereocenters. The van der Waals surface area contributed by atoms with E-state index < -0.39 is 46.6 Å². The molecule has 1 saturated heterocycles. The van der Waals surface area contributed by atoms with Crippen molar-refractivity contribution in [1.29, 1.82) is 0 Å². The second-order valence-electron chi connectivity index (χ2n) is 15.4. The molecule has 2 aliphatic carbocycles. The molecule has 2 saturated carbocycles. The van der Waals surface area contributed by atoms with Crippen molar-refractivity contribution in [1.82, 2.24) is 15.5 Å². The van der Waals surface area contributed by atoms with Gasteiger partial charge in [-0.05, 0) is 42.2 Å². The van der Waals surface area contributed by atoms with Gasteiger partial charge in [-0.1, -0.05) is 102 Å². The van der Waals surface area contributed by atoms with E-state index in [0.29, 0.717) is 41.8 Å². The highest BCUT2D eigenvalue weighted by Gasteiger charge is 2.56. The summed E-state index contributed by atoms with van der Waals surface area (Å²) >= 11 is 6.25. The number of carbonyl (C=O) groups is 5. The van der Waals surface area contributed by atoms with E-state index in [2.05, 4.69) is 15.8 Å². The number of hydrogen-bond donors (Lipinski definition) is 2. The number of Topliss-reactive ketones (excluding diaryl/α,β-unsaturated/α-hetero) is 2. The summed E-state index contributed by atoms with van der Waals surface area (Å²) in [5.74, 6) is -1.38. The summed E-state index contributed by atoms with van der Waals surface area (Å²) in [5.41, 5.74) is -0.213. The van der Waals surface area contributed by atoms with Crippen molar-refractivity contribution >= 4 is 46.6 Å². The predicted octanol–water partition coefficient (Wildman–Crippen LogP) is 5.38. The third kappa shape index (κ3) is 7.95. The Morgan fingerprint density at radius 1 is 1.06 bits per heavy atom. The van der Waals surface area contributed by atoms with Crippen LogP contribution in [0.5, 0.6) is 0 Å². The van der Waals surface area contributed by atoms with Crippen molar-refractivity contribution in [2.45, 2.75) is 129 Å². The number of oxime groups is 1. The van der Waals surface area contributed by atoms with Crippen LogP contribution in [0.2, 0.25) is 5.02 Å².